The highest BCUT2D eigenvalue weighted by Crippen LogP contribution is 2.21. The summed E-state index contributed by atoms with van der Waals surface area (Å²) in [6.07, 6.45) is 10.2. The predicted molar refractivity (Wildman–Crippen MR) is 107 cm³/mol. The van der Waals surface area contributed by atoms with E-state index in [2.05, 4.69) is 16.9 Å². The summed E-state index contributed by atoms with van der Waals surface area (Å²) in [7, 11) is 0. The van der Waals surface area contributed by atoms with Crippen molar-refractivity contribution in [3.8, 4) is 22.9 Å². The third kappa shape index (κ3) is 7.00. The molecule has 146 valence electrons. The fourth-order valence-corrected chi connectivity index (χ4v) is 2.49. The van der Waals surface area contributed by atoms with Crippen molar-refractivity contribution in [1.29, 1.82) is 0 Å². The van der Waals surface area contributed by atoms with Gasteiger partial charge >= 0.3 is 5.97 Å². The minimum atomic E-state index is -0.210. The second-order valence-electron chi connectivity index (χ2n) is 6.76. The van der Waals surface area contributed by atoms with Gasteiger partial charge in [0.05, 0.1) is 24.9 Å². The van der Waals surface area contributed by atoms with Crippen LogP contribution >= 0.6 is 0 Å². The molecule has 1 heterocycles. The van der Waals surface area contributed by atoms with Crippen LogP contribution in [0.25, 0.3) is 11.4 Å². The van der Waals surface area contributed by atoms with Crippen molar-refractivity contribution in [3.05, 3.63) is 36.7 Å². The van der Waals surface area contributed by atoms with E-state index in [4.69, 9.17) is 9.47 Å². The Morgan fingerprint density at radius 2 is 1.63 bits per heavy atom. The number of hydrogen-bond donors (Lipinski definition) is 0. The van der Waals surface area contributed by atoms with Crippen molar-refractivity contribution in [2.45, 2.75) is 59.3 Å². The lowest BCUT2D eigenvalue weighted by Crippen LogP contribution is -2.16. The number of hydrogen-bond acceptors (Lipinski definition) is 5. The highest BCUT2D eigenvalue weighted by molar-refractivity contribution is 5.74. The molecule has 0 saturated carbocycles. The highest BCUT2D eigenvalue weighted by atomic mass is 16.5. The Morgan fingerprint density at radius 3 is 2.26 bits per heavy atom. The monoisotopic (exact) mass is 370 g/mol. The molecule has 0 amide bonds. The zero-order valence-electron chi connectivity index (χ0n) is 16.6. The summed E-state index contributed by atoms with van der Waals surface area (Å²) in [5.74, 6) is 1.52. The molecule has 5 heteroatoms. The molecule has 1 aromatic heterocycles. The molecule has 27 heavy (non-hydrogen) atoms. The van der Waals surface area contributed by atoms with E-state index in [0.29, 0.717) is 23.9 Å². The average Bonchev–Trinajstić information content (AvgIpc) is 2.71. The van der Waals surface area contributed by atoms with Crippen LogP contribution in [-0.2, 0) is 4.79 Å². The summed E-state index contributed by atoms with van der Waals surface area (Å²) < 4.78 is 11.0. The molecule has 0 aliphatic heterocycles. The number of benzene rings is 1. The molecule has 2 rings (SSSR count). The van der Waals surface area contributed by atoms with Gasteiger partial charge in [0.2, 0.25) is 0 Å². The number of nitrogens with zero attached hydrogens (tertiary/aromatic N) is 2. The van der Waals surface area contributed by atoms with Crippen LogP contribution in [0.15, 0.2) is 36.7 Å². The molecule has 1 atom stereocenters. The van der Waals surface area contributed by atoms with Crippen LogP contribution in [0.5, 0.6) is 11.5 Å². The summed E-state index contributed by atoms with van der Waals surface area (Å²) >= 11 is 0. The molecule has 0 aliphatic carbocycles. The molecule has 1 aromatic carbocycles. The fourth-order valence-electron chi connectivity index (χ4n) is 2.49. The first kappa shape index (κ1) is 20.9. The number of aromatic nitrogens is 2. The van der Waals surface area contributed by atoms with Gasteiger partial charge < -0.3 is 9.47 Å². The van der Waals surface area contributed by atoms with E-state index in [-0.39, 0.29) is 11.9 Å². The summed E-state index contributed by atoms with van der Waals surface area (Å²) in [6, 6.07) is 7.23. The molecule has 0 spiro atoms. The lowest BCUT2D eigenvalue weighted by molar-refractivity contribution is -0.138. The van der Waals surface area contributed by atoms with Crippen LogP contribution in [0.3, 0.4) is 0 Å². The zero-order valence-corrected chi connectivity index (χ0v) is 16.6. The van der Waals surface area contributed by atoms with Gasteiger partial charge in [-0.05, 0) is 37.1 Å². The van der Waals surface area contributed by atoms with Crippen molar-refractivity contribution >= 4 is 5.97 Å². The minimum absolute atomic E-state index is 0.104. The van der Waals surface area contributed by atoms with Crippen LogP contribution < -0.4 is 9.47 Å². The molecular formula is C22H30N2O3. The van der Waals surface area contributed by atoms with Crippen LogP contribution in [0, 0.1) is 5.92 Å². The van der Waals surface area contributed by atoms with Crippen LogP contribution in [-0.4, -0.2) is 22.5 Å². The van der Waals surface area contributed by atoms with E-state index >= 15 is 0 Å². The number of esters is 1. The van der Waals surface area contributed by atoms with Gasteiger partial charge in [-0.3, -0.25) is 4.79 Å². The Morgan fingerprint density at radius 1 is 0.963 bits per heavy atom. The molecule has 0 saturated heterocycles. The van der Waals surface area contributed by atoms with E-state index in [0.717, 1.165) is 18.4 Å². The number of ether oxygens (including phenoxy) is 2. The highest BCUT2D eigenvalue weighted by Gasteiger charge is 2.13. The molecule has 0 radical (unpaired) electrons. The standard InChI is InChI=1S/C22H30N2O3/c1-4-6-7-8-9-14-26-20-15-23-21(24-16-20)18-10-12-19(13-11-18)27-22(25)17(3)5-2/h10-13,15-17H,4-9,14H2,1-3H3. The van der Waals surface area contributed by atoms with Crippen molar-refractivity contribution in [1.82, 2.24) is 9.97 Å². The quantitative estimate of drug-likeness (QED) is 0.299. The van der Waals surface area contributed by atoms with E-state index in [1.54, 1.807) is 24.5 Å². The maximum atomic E-state index is 11.8. The largest absolute Gasteiger partial charge is 0.490 e. The van der Waals surface area contributed by atoms with E-state index in [1.165, 1.54) is 25.7 Å². The van der Waals surface area contributed by atoms with Crippen molar-refractivity contribution < 1.29 is 14.3 Å². The third-order valence-electron chi connectivity index (χ3n) is 4.49. The third-order valence-corrected chi connectivity index (χ3v) is 4.49. The molecule has 0 bridgehead atoms. The summed E-state index contributed by atoms with van der Waals surface area (Å²) in [6.45, 7) is 6.73. The Balaban J connectivity index is 1.84. The molecule has 0 aliphatic rings. The van der Waals surface area contributed by atoms with Gasteiger partial charge in [-0.1, -0.05) is 46.5 Å². The van der Waals surface area contributed by atoms with Gasteiger partial charge in [0, 0.05) is 5.56 Å². The summed E-state index contributed by atoms with van der Waals surface area (Å²) in [5, 5.41) is 0. The second kappa shape index (κ2) is 11.3. The van der Waals surface area contributed by atoms with Crippen molar-refractivity contribution in [2.24, 2.45) is 5.92 Å². The fraction of sp³-hybridized carbons (Fsp3) is 0.500. The van der Waals surface area contributed by atoms with Gasteiger partial charge in [-0.15, -0.1) is 0 Å². The molecule has 0 N–H and O–H groups in total. The van der Waals surface area contributed by atoms with E-state index < -0.39 is 0 Å². The minimum Gasteiger partial charge on any atom is -0.490 e. The lowest BCUT2D eigenvalue weighted by Gasteiger charge is -2.09. The Labute approximate surface area is 162 Å². The number of carbonyl (C=O) groups excluding carboxylic acids is 1. The lowest BCUT2D eigenvalue weighted by atomic mass is 10.1. The predicted octanol–water partition coefficient (Wildman–Crippen LogP) is 5.44. The van der Waals surface area contributed by atoms with Crippen LogP contribution in [0.4, 0.5) is 0 Å². The SMILES string of the molecule is CCCCCCCOc1cnc(-c2ccc(OC(=O)C(C)CC)cc2)nc1. The average molecular weight is 370 g/mol. The van der Waals surface area contributed by atoms with Gasteiger partial charge in [0.1, 0.15) is 5.75 Å². The number of carbonyl (C=O) groups is 1. The molecule has 5 nitrogen and oxygen atoms in total. The first-order valence-corrected chi connectivity index (χ1v) is 9.91. The maximum Gasteiger partial charge on any atom is 0.314 e. The van der Waals surface area contributed by atoms with Gasteiger partial charge in [0.25, 0.3) is 0 Å². The maximum absolute atomic E-state index is 11.8. The summed E-state index contributed by atoms with van der Waals surface area (Å²) in [5.41, 5.74) is 0.865. The topological polar surface area (TPSA) is 61.3 Å². The smallest absolute Gasteiger partial charge is 0.314 e. The summed E-state index contributed by atoms with van der Waals surface area (Å²) in [4.78, 5) is 20.6. The number of rotatable bonds is 11. The van der Waals surface area contributed by atoms with Crippen LogP contribution in [0.1, 0.15) is 59.3 Å². The van der Waals surface area contributed by atoms with Crippen molar-refractivity contribution in [3.63, 3.8) is 0 Å². The number of unbranched alkanes of at least 4 members (excludes halogenated alkanes) is 4. The Bertz CT molecular complexity index is 684. The van der Waals surface area contributed by atoms with E-state index in [9.17, 15) is 4.79 Å². The Kier molecular flexibility index (Phi) is 8.75. The molecule has 1 unspecified atom stereocenters. The van der Waals surface area contributed by atoms with Crippen LogP contribution in [0.2, 0.25) is 0 Å². The Hall–Kier alpha value is -2.43. The first-order valence-electron chi connectivity index (χ1n) is 9.91. The first-order chi connectivity index (χ1) is 13.1. The van der Waals surface area contributed by atoms with Gasteiger partial charge in [-0.2, -0.15) is 0 Å². The van der Waals surface area contributed by atoms with E-state index in [1.807, 2.05) is 26.0 Å². The normalized spacial score (nSPS) is 11.8. The zero-order chi connectivity index (χ0) is 19.5. The van der Waals surface area contributed by atoms with Gasteiger partial charge in [0.15, 0.2) is 11.6 Å². The molecule has 0 fully saturated rings. The molecule has 2 aromatic rings. The second-order valence-corrected chi connectivity index (χ2v) is 6.76. The van der Waals surface area contributed by atoms with Crippen molar-refractivity contribution in [2.75, 3.05) is 6.61 Å². The van der Waals surface area contributed by atoms with Gasteiger partial charge in [-0.25, -0.2) is 9.97 Å². The molecular weight excluding hydrogens is 340 g/mol.